The predicted molar refractivity (Wildman–Crippen MR) is 158 cm³/mol. The summed E-state index contributed by atoms with van der Waals surface area (Å²) >= 11 is 0. The number of fused-ring (bicyclic) bond motifs is 7. The van der Waals surface area contributed by atoms with Crippen LogP contribution in [0, 0.1) is 18.8 Å². The number of nitrogens with zero attached hydrogens (tertiary/aromatic N) is 2. The normalized spacial score (nSPS) is 21.3. The molecule has 0 amide bonds. The van der Waals surface area contributed by atoms with Crippen LogP contribution < -0.4 is 4.57 Å². The number of aryl methyl sites for hydroxylation is 2. The van der Waals surface area contributed by atoms with Crippen molar-refractivity contribution in [1.29, 1.82) is 0 Å². The second kappa shape index (κ2) is 7.35. The molecule has 38 heavy (non-hydrogen) atoms. The van der Waals surface area contributed by atoms with E-state index in [-0.39, 0.29) is 0 Å². The van der Waals surface area contributed by atoms with Crippen molar-refractivity contribution in [2.24, 2.45) is 18.9 Å². The van der Waals surface area contributed by atoms with Crippen molar-refractivity contribution >= 4 is 49.0 Å². The first-order chi connectivity index (χ1) is 18.7. The van der Waals surface area contributed by atoms with Crippen molar-refractivity contribution in [2.45, 2.75) is 38.5 Å². The fraction of sp³-hybridized carbons (Fsp3) is 0.250. The van der Waals surface area contributed by atoms with Crippen molar-refractivity contribution in [3.63, 3.8) is 0 Å². The van der Waals surface area contributed by atoms with E-state index in [9.17, 15) is 0 Å². The van der Waals surface area contributed by atoms with Crippen LogP contribution in [0.5, 0.6) is 0 Å². The van der Waals surface area contributed by atoms with Gasteiger partial charge in [-0.05, 0) is 72.1 Å². The van der Waals surface area contributed by atoms with Gasteiger partial charge in [0.15, 0.2) is 6.20 Å². The first kappa shape index (κ1) is 21.1. The van der Waals surface area contributed by atoms with Crippen LogP contribution >= 0.6 is 0 Å². The summed E-state index contributed by atoms with van der Waals surface area (Å²) in [6.45, 7) is 2.28. The molecule has 2 saturated carbocycles. The Morgan fingerprint density at radius 2 is 1.66 bits per heavy atom. The molecule has 0 radical (unpaired) electrons. The monoisotopic (exact) mass is 491 g/mol. The van der Waals surface area contributed by atoms with Crippen LogP contribution in [0.2, 0.25) is 0 Å². The molecule has 0 N–H and O–H groups in total. The smallest absolute Gasteiger partial charge is 0.224 e. The average molecular weight is 492 g/mol. The minimum atomic E-state index is 0.705. The molecule has 4 aromatic carbocycles. The standard InChI is InChI=1S/C36H31N2/c1-21-11-14-29-28-10-6-9-27(23-7-4-3-5-8-23)34(28)38-31-20-26(30-18-22-12-13-24(30)17-22)19-25-15-16-37(2)36(33(25)31)32(21)35(29)38/h3-11,14-16,19-20,22,24,30H,12-13,17-18H2,1-2H3/q+1. The Morgan fingerprint density at radius 3 is 2.47 bits per heavy atom. The van der Waals surface area contributed by atoms with E-state index in [0.29, 0.717) is 5.92 Å². The Bertz CT molecular complexity index is 2060. The van der Waals surface area contributed by atoms with Gasteiger partial charge >= 0.3 is 0 Å². The van der Waals surface area contributed by atoms with Gasteiger partial charge in [-0.25, -0.2) is 4.57 Å². The Hall–Kier alpha value is -3.91. The van der Waals surface area contributed by atoms with Crippen molar-refractivity contribution < 1.29 is 4.57 Å². The van der Waals surface area contributed by atoms with Gasteiger partial charge in [0.2, 0.25) is 5.52 Å². The second-order valence-electron chi connectivity index (χ2n) is 12.1. The van der Waals surface area contributed by atoms with Crippen molar-refractivity contribution in [3.05, 3.63) is 96.2 Å². The van der Waals surface area contributed by atoms with E-state index < -0.39 is 0 Å². The number of hydrogen-bond donors (Lipinski definition) is 0. The Balaban J connectivity index is 1.54. The molecular weight excluding hydrogens is 460 g/mol. The SMILES string of the molecule is Cc1ccc2c3cccc(-c4ccccc4)c3n3c4cc(C5CC6CCC5C6)cc5cc[n+](C)c(c1c23)c54. The van der Waals surface area contributed by atoms with Crippen LogP contribution in [0.1, 0.15) is 42.7 Å². The summed E-state index contributed by atoms with van der Waals surface area (Å²) in [7, 11) is 2.22. The summed E-state index contributed by atoms with van der Waals surface area (Å²) in [5, 5.41) is 6.86. The maximum Gasteiger partial charge on any atom is 0.224 e. The third kappa shape index (κ3) is 2.61. The van der Waals surface area contributed by atoms with E-state index in [1.54, 1.807) is 5.56 Å². The molecule has 0 saturated heterocycles. The molecule has 7 aromatic rings. The zero-order valence-corrected chi connectivity index (χ0v) is 22.0. The van der Waals surface area contributed by atoms with Gasteiger partial charge in [-0.3, -0.25) is 0 Å². The van der Waals surface area contributed by atoms with Crippen LogP contribution in [0.3, 0.4) is 0 Å². The molecule has 3 aromatic heterocycles. The van der Waals surface area contributed by atoms with Gasteiger partial charge in [0.25, 0.3) is 0 Å². The maximum absolute atomic E-state index is 2.64. The molecule has 2 nitrogen and oxygen atoms in total. The molecule has 184 valence electrons. The minimum absolute atomic E-state index is 0.705. The van der Waals surface area contributed by atoms with E-state index in [0.717, 1.165) is 11.8 Å². The van der Waals surface area contributed by atoms with Crippen molar-refractivity contribution in [3.8, 4) is 11.1 Å². The third-order valence-electron chi connectivity index (χ3n) is 10.1. The van der Waals surface area contributed by atoms with E-state index in [2.05, 4.69) is 108 Å². The number of rotatable bonds is 2. The van der Waals surface area contributed by atoms with Gasteiger partial charge < -0.3 is 4.40 Å². The second-order valence-corrected chi connectivity index (χ2v) is 12.1. The number of benzene rings is 4. The fourth-order valence-electron chi connectivity index (χ4n) is 8.49. The largest absolute Gasteiger partial charge is 0.307 e. The van der Waals surface area contributed by atoms with Crippen molar-refractivity contribution in [1.82, 2.24) is 4.40 Å². The van der Waals surface area contributed by atoms with Crippen LogP contribution in [0.4, 0.5) is 0 Å². The molecule has 3 unspecified atom stereocenters. The van der Waals surface area contributed by atoms with E-state index >= 15 is 0 Å². The quantitative estimate of drug-likeness (QED) is 0.130. The molecule has 2 aliphatic rings. The predicted octanol–water partition coefficient (Wildman–Crippen LogP) is 8.69. The lowest BCUT2D eigenvalue weighted by molar-refractivity contribution is -0.643. The number of para-hydroxylation sites is 1. The van der Waals surface area contributed by atoms with Crippen LogP contribution in [0.15, 0.2) is 85.1 Å². The number of pyridine rings is 2. The fourth-order valence-corrected chi connectivity index (χ4v) is 8.49. The Labute approximate surface area is 222 Å². The van der Waals surface area contributed by atoms with Gasteiger partial charge in [0.1, 0.15) is 7.05 Å². The zero-order chi connectivity index (χ0) is 25.1. The lowest BCUT2D eigenvalue weighted by Crippen LogP contribution is -2.29. The van der Waals surface area contributed by atoms with Gasteiger partial charge in [0, 0.05) is 22.4 Å². The summed E-state index contributed by atoms with van der Waals surface area (Å²) in [5.74, 6) is 2.51. The van der Waals surface area contributed by atoms with E-state index in [1.165, 1.54) is 91.4 Å². The third-order valence-corrected chi connectivity index (χ3v) is 10.1. The summed E-state index contributed by atoms with van der Waals surface area (Å²) in [5.41, 5.74) is 10.9. The van der Waals surface area contributed by atoms with Crippen LogP contribution in [-0.4, -0.2) is 4.40 Å². The number of hydrogen-bond acceptors (Lipinski definition) is 0. The number of aromatic nitrogens is 2. The average Bonchev–Trinajstić information content (AvgIpc) is 3.67. The first-order valence-electron chi connectivity index (χ1n) is 14.3. The lowest BCUT2D eigenvalue weighted by atomic mass is 9.82. The molecule has 2 aliphatic carbocycles. The van der Waals surface area contributed by atoms with Crippen molar-refractivity contribution in [2.75, 3.05) is 0 Å². The Kier molecular flexibility index (Phi) is 4.08. The highest BCUT2D eigenvalue weighted by atomic mass is 15.0. The summed E-state index contributed by atoms with van der Waals surface area (Å²) in [6.07, 6.45) is 7.93. The summed E-state index contributed by atoms with van der Waals surface area (Å²) in [6, 6.07) is 30.0. The van der Waals surface area contributed by atoms with Gasteiger partial charge in [-0.2, -0.15) is 0 Å². The molecule has 2 heteroatoms. The lowest BCUT2D eigenvalue weighted by Gasteiger charge is -2.23. The highest BCUT2D eigenvalue weighted by molar-refractivity contribution is 6.27. The molecular formula is C36H31N2+. The molecule has 0 spiro atoms. The maximum atomic E-state index is 2.64. The van der Waals surface area contributed by atoms with Crippen LogP contribution in [-0.2, 0) is 7.05 Å². The van der Waals surface area contributed by atoms with E-state index in [1.807, 2.05) is 0 Å². The van der Waals surface area contributed by atoms with Crippen LogP contribution in [0.25, 0.3) is 60.1 Å². The summed E-state index contributed by atoms with van der Waals surface area (Å²) < 4.78 is 4.99. The zero-order valence-electron chi connectivity index (χ0n) is 22.0. The molecule has 3 heterocycles. The van der Waals surface area contributed by atoms with Gasteiger partial charge in [-0.1, -0.05) is 73.2 Å². The molecule has 2 fully saturated rings. The Morgan fingerprint density at radius 1 is 0.789 bits per heavy atom. The van der Waals surface area contributed by atoms with Gasteiger partial charge in [-0.15, -0.1) is 0 Å². The summed E-state index contributed by atoms with van der Waals surface area (Å²) in [4.78, 5) is 0. The highest BCUT2D eigenvalue weighted by Gasteiger charge is 2.40. The highest BCUT2D eigenvalue weighted by Crippen LogP contribution is 2.54. The molecule has 3 atom stereocenters. The topological polar surface area (TPSA) is 8.29 Å². The first-order valence-corrected chi connectivity index (χ1v) is 14.3. The van der Waals surface area contributed by atoms with Gasteiger partial charge in [0.05, 0.1) is 27.3 Å². The molecule has 2 bridgehead atoms. The molecule has 0 aliphatic heterocycles. The molecule has 9 rings (SSSR count). The van der Waals surface area contributed by atoms with E-state index in [4.69, 9.17) is 0 Å². The minimum Gasteiger partial charge on any atom is -0.307 e.